The molecule has 0 aliphatic rings. The molecule has 0 rings (SSSR count). The van der Waals surface area contributed by atoms with E-state index in [0.29, 0.717) is 25.7 Å². The van der Waals surface area contributed by atoms with E-state index >= 15 is 0 Å². The van der Waals surface area contributed by atoms with Crippen LogP contribution in [0.4, 0.5) is 0 Å². The number of carbonyl (C=O) groups excluding carboxylic acids is 3. The average molecular weight is 1090 g/mol. The third-order valence-electron chi connectivity index (χ3n) is 14.3. The Morgan fingerprint density at radius 1 is 0.269 bits per heavy atom. The first-order valence-corrected chi connectivity index (χ1v) is 33.2. The zero-order valence-electron chi connectivity index (χ0n) is 51.4. The molecule has 448 valence electrons. The van der Waals surface area contributed by atoms with Crippen LogP contribution in [0.2, 0.25) is 0 Å². The van der Waals surface area contributed by atoms with Crippen LogP contribution < -0.4 is 0 Å². The van der Waals surface area contributed by atoms with Gasteiger partial charge in [-0.05, 0) is 96.3 Å². The second kappa shape index (κ2) is 65.8. The van der Waals surface area contributed by atoms with E-state index in [9.17, 15) is 14.4 Å². The van der Waals surface area contributed by atoms with Gasteiger partial charge < -0.3 is 14.2 Å². The second-order valence-corrected chi connectivity index (χ2v) is 22.0. The fourth-order valence-electron chi connectivity index (χ4n) is 9.43. The highest BCUT2D eigenvalue weighted by atomic mass is 16.6. The van der Waals surface area contributed by atoms with E-state index in [1.54, 1.807) is 0 Å². The van der Waals surface area contributed by atoms with E-state index in [4.69, 9.17) is 14.2 Å². The molecule has 0 amide bonds. The fourth-order valence-corrected chi connectivity index (χ4v) is 9.43. The summed E-state index contributed by atoms with van der Waals surface area (Å²) in [6.45, 7) is 6.37. The molecule has 6 heteroatoms. The Morgan fingerprint density at radius 2 is 0.500 bits per heavy atom. The van der Waals surface area contributed by atoms with E-state index in [0.717, 1.165) is 96.3 Å². The topological polar surface area (TPSA) is 78.9 Å². The summed E-state index contributed by atoms with van der Waals surface area (Å²) in [5, 5.41) is 0. The molecule has 0 heterocycles. The van der Waals surface area contributed by atoms with Gasteiger partial charge in [-0.25, -0.2) is 0 Å². The standard InChI is InChI=1S/C72H124O6/c1-4-7-10-13-16-19-22-25-28-29-30-31-32-33-34-35-36-37-38-39-40-41-42-45-47-50-53-56-59-62-65-71(74)77-68-69(78-72(75)66-63-60-57-54-51-48-44-27-24-21-18-15-12-9-6-3)67-76-70(73)64-61-58-55-52-49-46-43-26-23-20-17-14-11-8-5-2/h8-9,11-12,17-18,20-21,26-27,43-44,49,51-52,54,69H,4-7,10,13-16,19,22-25,28-42,45-48,50,53,55-68H2,1-3H3/b11-8-,12-9-,20-17-,21-18-,43-26-,44-27-,52-49-,54-51-. The Kier molecular flexibility index (Phi) is 62.7. The number of hydrogen-bond donors (Lipinski definition) is 0. The molecule has 0 aliphatic carbocycles. The molecule has 0 aliphatic heterocycles. The summed E-state index contributed by atoms with van der Waals surface area (Å²) in [7, 11) is 0. The summed E-state index contributed by atoms with van der Waals surface area (Å²) in [5.41, 5.74) is 0. The van der Waals surface area contributed by atoms with Crippen LogP contribution in [-0.4, -0.2) is 37.2 Å². The van der Waals surface area contributed by atoms with E-state index in [2.05, 4.69) is 118 Å². The van der Waals surface area contributed by atoms with Gasteiger partial charge in [0.15, 0.2) is 6.10 Å². The summed E-state index contributed by atoms with van der Waals surface area (Å²) in [6.07, 6.45) is 88.9. The van der Waals surface area contributed by atoms with Crippen LogP contribution in [0.15, 0.2) is 97.2 Å². The lowest BCUT2D eigenvalue weighted by atomic mass is 10.0. The highest BCUT2D eigenvalue weighted by Crippen LogP contribution is 2.18. The lowest BCUT2D eigenvalue weighted by molar-refractivity contribution is -0.167. The SMILES string of the molecule is CC/C=C\C/C=C\C/C=C\C/C=C\CCCCC(=O)OCC(COC(=O)CCCCCCCCCCCCCCCCCCCCCCCCCCCCCCCC)OC(=O)CCCC/C=C\C/C=C\C/C=C\C/C=C\CC. The number of hydrogen-bond acceptors (Lipinski definition) is 6. The van der Waals surface area contributed by atoms with Crippen molar-refractivity contribution in [1.82, 2.24) is 0 Å². The van der Waals surface area contributed by atoms with Gasteiger partial charge in [-0.1, -0.05) is 304 Å². The maximum absolute atomic E-state index is 12.9. The van der Waals surface area contributed by atoms with Crippen LogP contribution >= 0.6 is 0 Å². The predicted octanol–water partition coefficient (Wildman–Crippen LogP) is 22.8. The van der Waals surface area contributed by atoms with Crippen molar-refractivity contribution in [3.63, 3.8) is 0 Å². The number of allylic oxidation sites excluding steroid dienone is 16. The summed E-state index contributed by atoms with van der Waals surface area (Å²) >= 11 is 0. The molecule has 0 saturated heterocycles. The molecule has 0 bridgehead atoms. The first-order valence-electron chi connectivity index (χ1n) is 33.2. The van der Waals surface area contributed by atoms with Gasteiger partial charge in [0.2, 0.25) is 0 Å². The molecule has 0 aromatic carbocycles. The third-order valence-corrected chi connectivity index (χ3v) is 14.3. The summed E-state index contributed by atoms with van der Waals surface area (Å²) in [5.74, 6) is -0.982. The minimum absolute atomic E-state index is 0.106. The van der Waals surface area contributed by atoms with Crippen molar-refractivity contribution in [2.45, 2.75) is 329 Å². The maximum Gasteiger partial charge on any atom is 0.306 e. The molecule has 6 nitrogen and oxygen atoms in total. The summed E-state index contributed by atoms with van der Waals surface area (Å²) in [4.78, 5) is 38.3. The summed E-state index contributed by atoms with van der Waals surface area (Å²) < 4.78 is 16.8. The van der Waals surface area contributed by atoms with Crippen LogP contribution in [0.25, 0.3) is 0 Å². The monoisotopic (exact) mass is 1080 g/mol. The predicted molar refractivity (Wildman–Crippen MR) is 339 cm³/mol. The number of rotatable bonds is 60. The molecule has 0 radical (unpaired) electrons. The first kappa shape index (κ1) is 74.3. The minimum Gasteiger partial charge on any atom is -0.462 e. The van der Waals surface area contributed by atoms with Gasteiger partial charge in [-0.3, -0.25) is 14.4 Å². The third kappa shape index (κ3) is 63.2. The molecule has 0 aromatic rings. The smallest absolute Gasteiger partial charge is 0.306 e. The van der Waals surface area contributed by atoms with Crippen LogP contribution in [0.5, 0.6) is 0 Å². The van der Waals surface area contributed by atoms with E-state index in [1.165, 1.54) is 173 Å². The average Bonchev–Trinajstić information content (AvgIpc) is 3.44. The van der Waals surface area contributed by atoms with Crippen LogP contribution in [0, 0.1) is 0 Å². The van der Waals surface area contributed by atoms with Gasteiger partial charge in [0.05, 0.1) is 0 Å². The maximum atomic E-state index is 12.9. The zero-order chi connectivity index (χ0) is 56.4. The minimum atomic E-state index is -0.817. The molecule has 1 unspecified atom stereocenters. The highest BCUT2D eigenvalue weighted by molar-refractivity contribution is 5.71. The largest absolute Gasteiger partial charge is 0.462 e. The second-order valence-electron chi connectivity index (χ2n) is 22.0. The van der Waals surface area contributed by atoms with Crippen LogP contribution in [0.3, 0.4) is 0 Å². The molecule has 0 fully saturated rings. The Labute approximate surface area is 483 Å². The molecule has 78 heavy (non-hydrogen) atoms. The first-order chi connectivity index (χ1) is 38.5. The van der Waals surface area contributed by atoms with Gasteiger partial charge in [0.1, 0.15) is 13.2 Å². The van der Waals surface area contributed by atoms with Gasteiger partial charge in [0, 0.05) is 19.3 Å². The van der Waals surface area contributed by atoms with E-state index in [1.807, 2.05) is 0 Å². The van der Waals surface area contributed by atoms with E-state index < -0.39 is 6.10 Å². The van der Waals surface area contributed by atoms with Crippen molar-refractivity contribution in [3.05, 3.63) is 97.2 Å². The molecular formula is C72H124O6. The molecule has 0 aromatic heterocycles. The van der Waals surface area contributed by atoms with Crippen molar-refractivity contribution in [2.75, 3.05) is 13.2 Å². The quantitative estimate of drug-likeness (QED) is 0.0261. The van der Waals surface area contributed by atoms with E-state index in [-0.39, 0.29) is 37.5 Å². The highest BCUT2D eigenvalue weighted by Gasteiger charge is 2.19. The fraction of sp³-hybridized carbons (Fsp3) is 0.736. The number of esters is 3. The summed E-state index contributed by atoms with van der Waals surface area (Å²) in [6, 6.07) is 0. The van der Waals surface area contributed by atoms with Gasteiger partial charge >= 0.3 is 17.9 Å². The van der Waals surface area contributed by atoms with Crippen LogP contribution in [-0.2, 0) is 28.6 Å². The van der Waals surface area contributed by atoms with Crippen molar-refractivity contribution < 1.29 is 28.6 Å². The van der Waals surface area contributed by atoms with Gasteiger partial charge in [-0.15, -0.1) is 0 Å². The van der Waals surface area contributed by atoms with Crippen molar-refractivity contribution >= 4 is 17.9 Å². The van der Waals surface area contributed by atoms with Gasteiger partial charge in [-0.2, -0.15) is 0 Å². The number of unbranched alkanes of at least 4 members (excludes halogenated alkanes) is 33. The molecular weight excluding hydrogens is 961 g/mol. The number of ether oxygens (including phenoxy) is 3. The zero-order valence-corrected chi connectivity index (χ0v) is 51.4. The van der Waals surface area contributed by atoms with Crippen LogP contribution in [0.1, 0.15) is 323 Å². The lowest BCUT2D eigenvalue weighted by Gasteiger charge is -2.18. The Balaban J connectivity index is 4.24. The molecule has 1 atom stereocenters. The van der Waals surface area contributed by atoms with Crippen molar-refractivity contribution in [3.8, 4) is 0 Å². The molecule has 0 N–H and O–H groups in total. The Bertz CT molecular complexity index is 1530. The number of carbonyl (C=O) groups is 3. The Hall–Kier alpha value is -3.67. The van der Waals surface area contributed by atoms with Crippen molar-refractivity contribution in [1.29, 1.82) is 0 Å². The van der Waals surface area contributed by atoms with Gasteiger partial charge in [0.25, 0.3) is 0 Å². The lowest BCUT2D eigenvalue weighted by Crippen LogP contribution is -2.30. The Morgan fingerprint density at radius 3 is 0.782 bits per heavy atom. The van der Waals surface area contributed by atoms with Crippen molar-refractivity contribution in [2.24, 2.45) is 0 Å². The molecule has 0 saturated carbocycles. The normalized spacial score (nSPS) is 12.7. The molecule has 0 spiro atoms.